The number of hydrogen-bond acceptors (Lipinski definition) is 4. The lowest BCUT2D eigenvalue weighted by molar-refractivity contribution is 0.102. The molecule has 0 saturated carbocycles. The van der Waals surface area contributed by atoms with Crippen LogP contribution in [0.2, 0.25) is 9.49 Å². The van der Waals surface area contributed by atoms with Gasteiger partial charge in [-0.2, -0.15) is 0 Å². The molecule has 0 aliphatic rings. The molecule has 3 aromatic rings. The molecule has 0 unspecified atom stereocenters. The van der Waals surface area contributed by atoms with Gasteiger partial charge < -0.3 is 10.6 Å². The van der Waals surface area contributed by atoms with Crippen molar-refractivity contribution < 1.29 is 4.79 Å². The van der Waals surface area contributed by atoms with Gasteiger partial charge in [-0.3, -0.25) is 4.79 Å². The molecule has 2 N–H and O–H groups in total. The predicted molar refractivity (Wildman–Crippen MR) is 100 cm³/mol. The first-order valence-electron chi connectivity index (χ1n) is 7.11. The highest BCUT2D eigenvalue weighted by molar-refractivity contribution is 7.15. The monoisotopic (exact) mass is 377 g/mol. The van der Waals surface area contributed by atoms with Gasteiger partial charge >= 0.3 is 0 Å². The molecule has 24 heavy (non-hydrogen) atoms. The Kier molecular flexibility index (Phi) is 5.35. The second kappa shape index (κ2) is 7.66. The summed E-state index contributed by atoms with van der Waals surface area (Å²) in [6.07, 6.45) is 1.73. The number of aromatic nitrogens is 1. The minimum atomic E-state index is -0.193. The summed E-state index contributed by atoms with van der Waals surface area (Å²) >= 11 is 13.2. The van der Waals surface area contributed by atoms with Gasteiger partial charge in [-0.05, 0) is 36.4 Å². The topological polar surface area (TPSA) is 54.0 Å². The summed E-state index contributed by atoms with van der Waals surface area (Å²) < 4.78 is 0.515. The quantitative estimate of drug-likeness (QED) is 0.632. The Morgan fingerprint density at radius 3 is 2.62 bits per heavy atom. The third kappa shape index (κ3) is 4.47. The Balaban J connectivity index is 1.66. The zero-order valence-electron chi connectivity index (χ0n) is 12.4. The maximum Gasteiger partial charge on any atom is 0.255 e. The lowest BCUT2D eigenvalue weighted by Crippen LogP contribution is -2.12. The highest BCUT2D eigenvalue weighted by Crippen LogP contribution is 2.20. The number of hydrogen-bond donors (Lipinski definition) is 2. The largest absolute Gasteiger partial charge is 0.380 e. The Bertz CT molecular complexity index is 866. The SMILES string of the molecule is O=C(Nc1cccc(Cl)c1)c1cccc(NCc2cnc(Cl)s2)c1. The van der Waals surface area contributed by atoms with Gasteiger partial charge in [0.25, 0.3) is 5.91 Å². The number of halogens is 2. The van der Waals surface area contributed by atoms with Gasteiger partial charge in [0.15, 0.2) is 4.47 Å². The van der Waals surface area contributed by atoms with Crippen molar-refractivity contribution in [3.05, 3.63) is 74.7 Å². The first-order chi connectivity index (χ1) is 11.6. The van der Waals surface area contributed by atoms with Gasteiger partial charge in [-0.15, -0.1) is 11.3 Å². The van der Waals surface area contributed by atoms with Crippen LogP contribution in [0.25, 0.3) is 0 Å². The number of rotatable bonds is 5. The first-order valence-corrected chi connectivity index (χ1v) is 8.68. The van der Waals surface area contributed by atoms with E-state index in [4.69, 9.17) is 23.2 Å². The van der Waals surface area contributed by atoms with Crippen LogP contribution in [-0.4, -0.2) is 10.9 Å². The van der Waals surface area contributed by atoms with E-state index in [-0.39, 0.29) is 5.91 Å². The standard InChI is InChI=1S/C17H13Cl2N3OS/c18-12-4-2-6-14(8-12)22-16(23)11-3-1-5-13(7-11)20-9-15-10-21-17(19)24-15/h1-8,10,20H,9H2,(H,22,23). The van der Waals surface area contributed by atoms with Crippen LogP contribution in [0, 0.1) is 0 Å². The van der Waals surface area contributed by atoms with Crippen molar-refractivity contribution >= 4 is 51.8 Å². The lowest BCUT2D eigenvalue weighted by Gasteiger charge is -2.08. The third-order valence-electron chi connectivity index (χ3n) is 3.20. The average molecular weight is 378 g/mol. The molecule has 0 atom stereocenters. The number of nitrogens with one attached hydrogen (secondary N) is 2. The molecule has 2 aromatic carbocycles. The van der Waals surface area contributed by atoms with Crippen LogP contribution in [0.5, 0.6) is 0 Å². The van der Waals surface area contributed by atoms with Crippen LogP contribution < -0.4 is 10.6 Å². The van der Waals surface area contributed by atoms with E-state index in [0.717, 1.165) is 10.6 Å². The summed E-state index contributed by atoms with van der Waals surface area (Å²) in [5, 5.41) is 6.66. The second-order valence-corrected chi connectivity index (χ2v) is 7.11. The molecule has 0 bridgehead atoms. The van der Waals surface area contributed by atoms with Crippen molar-refractivity contribution in [3.8, 4) is 0 Å². The van der Waals surface area contributed by atoms with Crippen molar-refractivity contribution in [2.24, 2.45) is 0 Å². The zero-order chi connectivity index (χ0) is 16.9. The number of benzene rings is 2. The zero-order valence-corrected chi connectivity index (χ0v) is 14.8. The molecular formula is C17H13Cl2N3OS. The number of nitrogens with zero attached hydrogens (tertiary/aromatic N) is 1. The van der Waals surface area contributed by atoms with Gasteiger partial charge in [0.2, 0.25) is 0 Å². The van der Waals surface area contributed by atoms with Crippen molar-refractivity contribution in [3.63, 3.8) is 0 Å². The summed E-state index contributed by atoms with van der Waals surface area (Å²) in [7, 11) is 0. The van der Waals surface area contributed by atoms with E-state index in [1.54, 1.807) is 42.6 Å². The first kappa shape index (κ1) is 16.8. The van der Waals surface area contributed by atoms with Crippen LogP contribution in [0.1, 0.15) is 15.2 Å². The van der Waals surface area contributed by atoms with Crippen LogP contribution in [0.15, 0.2) is 54.7 Å². The van der Waals surface area contributed by atoms with E-state index in [1.807, 2.05) is 12.1 Å². The van der Waals surface area contributed by atoms with Crippen molar-refractivity contribution in [1.29, 1.82) is 0 Å². The van der Waals surface area contributed by atoms with Crippen molar-refractivity contribution in [2.75, 3.05) is 10.6 Å². The van der Waals surface area contributed by atoms with Crippen LogP contribution in [-0.2, 0) is 6.54 Å². The Hall–Kier alpha value is -2.08. The highest BCUT2D eigenvalue weighted by atomic mass is 35.5. The molecule has 0 aliphatic heterocycles. The average Bonchev–Trinajstić information content (AvgIpc) is 2.99. The fourth-order valence-electron chi connectivity index (χ4n) is 2.09. The minimum Gasteiger partial charge on any atom is -0.380 e. The van der Waals surface area contributed by atoms with E-state index in [1.165, 1.54) is 11.3 Å². The molecule has 3 rings (SSSR count). The summed E-state index contributed by atoms with van der Waals surface area (Å²) in [4.78, 5) is 17.4. The predicted octanol–water partition coefficient (Wildman–Crippen LogP) is 5.31. The maximum atomic E-state index is 12.3. The number of anilines is 2. The molecule has 1 aromatic heterocycles. The fraction of sp³-hybridized carbons (Fsp3) is 0.0588. The molecule has 7 heteroatoms. The van der Waals surface area contributed by atoms with Gasteiger partial charge in [0.1, 0.15) is 0 Å². The molecule has 0 radical (unpaired) electrons. The molecule has 0 saturated heterocycles. The van der Waals surface area contributed by atoms with Gasteiger partial charge in [0.05, 0.1) is 6.54 Å². The van der Waals surface area contributed by atoms with Gasteiger partial charge in [-0.1, -0.05) is 35.3 Å². The molecule has 0 fully saturated rings. The molecule has 122 valence electrons. The highest BCUT2D eigenvalue weighted by Gasteiger charge is 2.07. The molecular weight excluding hydrogens is 365 g/mol. The summed E-state index contributed by atoms with van der Waals surface area (Å²) in [5.74, 6) is -0.193. The number of carbonyl (C=O) groups is 1. The normalized spacial score (nSPS) is 10.4. The number of amides is 1. The van der Waals surface area contributed by atoms with Gasteiger partial charge in [-0.25, -0.2) is 4.98 Å². The molecule has 0 spiro atoms. The molecule has 4 nitrogen and oxygen atoms in total. The van der Waals surface area contributed by atoms with Crippen molar-refractivity contribution in [1.82, 2.24) is 4.98 Å². The third-order valence-corrected chi connectivity index (χ3v) is 4.55. The van der Waals surface area contributed by atoms with E-state index < -0.39 is 0 Å². The second-order valence-electron chi connectivity index (χ2n) is 4.98. The van der Waals surface area contributed by atoms with Gasteiger partial charge in [0, 0.05) is 33.0 Å². The molecule has 1 amide bonds. The van der Waals surface area contributed by atoms with E-state index in [2.05, 4.69) is 15.6 Å². The fourth-order valence-corrected chi connectivity index (χ4v) is 3.20. The summed E-state index contributed by atoms with van der Waals surface area (Å²) in [6, 6.07) is 14.3. The van der Waals surface area contributed by atoms with Crippen LogP contribution in [0.4, 0.5) is 11.4 Å². The summed E-state index contributed by atoms with van der Waals surface area (Å²) in [5.41, 5.74) is 2.06. The Morgan fingerprint density at radius 1 is 1.08 bits per heavy atom. The molecule has 1 heterocycles. The van der Waals surface area contributed by atoms with E-state index >= 15 is 0 Å². The minimum absolute atomic E-state index is 0.193. The Labute approximate surface area is 153 Å². The van der Waals surface area contributed by atoms with E-state index in [9.17, 15) is 4.79 Å². The Morgan fingerprint density at radius 2 is 1.88 bits per heavy atom. The van der Waals surface area contributed by atoms with Crippen LogP contribution in [0.3, 0.4) is 0 Å². The molecule has 0 aliphatic carbocycles. The number of thiazole rings is 1. The lowest BCUT2D eigenvalue weighted by atomic mass is 10.2. The van der Waals surface area contributed by atoms with Crippen LogP contribution >= 0.6 is 34.5 Å². The summed E-state index contributed by atoms with van der Waals surface area (Å²) in [6.45, 7) is 0.601. The maximum absolute atomic E-state index is 12.3. The van der Waals surface area contributed by atoms with Crippen molar-refractivity contribution in [2.45, 2.75) is 6.54 Å². The smallest absolute Gasteiger partial charge is 0.255 e. The number of carbonyl (C=O) groups excluding carboxylic acids is 1. The van der Waals surface area contributed by atoms with E-state index in [0.29, 0.717) is 27.3 Å².